The van der Waals surface area contributed by atoms with Gasteiger partial charge in [-0.1, -0.05) is 77.6 Å². The normalized spacial score (nSPS) is 30.8. The molecule has 3 aliphatic heterocycles. The molecule has 0 radical (unpaired) electrons. The lowest BCUT2D eigenvalue weighted by Crippen LogP contribution is -2.35. The summed E-state index contributed by atoms with van der Waals surface area (Å²) in [6.07, 6.45) is 13.7. The minimum absolute atomic E-state index is 0.173. The Balaban J connectivity index is 0.000000569. The van der Waals surface area contributed by atoms with Crippen molar-refractivity contribution in [2.45, 2.75) is 120 Å². The average molecular weight is 477 g/mol. The van der Waals surface area contributed by atoms with Crippen LogP contribution in [0.25, 0.3) is 0 Å². The zero-order chi connectivity index (χ0) is 24.5. The van der Waals surface area contributed by atoms with Crippen LogP contribution in [0.1, 0.15) is 90.9 Å². The topological polar surface area (TPSA) is 162 Å². The first-order valence-corrected chi connectivity index (χ1v) is 12.2. The van der Waals surface area contributed by atoms with Gasteiger partial charge >= 0.3 is 23.5 Å². The van der Waals surface area contributed by atoms with Crippen molar-refractivity contribution in [2.75, 3.05) is 13.2 Å². The van der Waals surface area contributed by atoms with Crippen LogP contribution in [0.15, 0.2) is 0 Å². The number of carboxylic acid groups (broad SMARTS) is 1. The smallest absolute Gasteiger partial charge is 0.383 e. The second-order valence-electron chi connectivity index (χ2n) is 8.95. The largest absolute Gasteiger partial charge is 0.476 e. The van der Waals surface area contributed by atoms with Crippen molar-refractivity contribution in [1.29, 1.82) is 0 Å². The monoisotopic (exact) mass is 476 g/mol. The van der Waals surface area contributed by atoms with Gasteiger partial charge < -0.3 is 29.9 Å². The molecule has 0 aromatic rings. The lowest BCUT2D eigenvalue weighted by atomic mass is 10.0. The Kier molecular flexibility index (Phi) is 10.5. The molecule has 3 fully saturated rings. The van der Waals surface area contributed by atoms with Crippen LogP contribution < -0.4 is 0 Å². The summed E-state index contributed by atoms with van der Waals surface area (Å²) in [4.78, 5) is 22.6. The summed E-state index contributed by atoms with van der Waals surface area (Å²) in [5, 5.41) is 33.3. The van der Waals surface area contributed by atoms with Crippen LogP contribution in [-0.2, 0) is 28.5 Å². The molecule has 0 bridgehead atoms. The van der Waals surface area contributed by atoms with Crippen molar-refractivity contribution in [3.63, 3.8) is 0 Å². The van der Waals surface area contributed by atoms with E-state index in [1.165, 1.54) is 57.8 Å². The van der Waals surface area contributed by atoms with Crippen molar-refractivity contribution in [3.05, 3.63) is 0 Å². The summed E-state index contributed by atoms with van der Waals surface area (Å²) >= 11 is 0. The van der Waals surface area contributed by atoms with Gasteiger partial charge in [0.1, 0.15) is 12.2 Å². The predicted molar refractivity (Wildman–Crippen MR) is 116 cm³/mol. The average Bonchev–Trinajstić information content (AvgIpc) is 3.72. The van der Waals surface area contributed by atoms with Gasteiger partial charge in [0, 0.05) is 6.92 Å². The highest BCUT2D eigenvalue weighted by Crippen LogP contribution is 2.78. The zero-order valence-electron chi connectivity index (χ0n) is 19.8. The maximum absolute atomic E-state index is 11.4. The highest BCUT2D eigenvalue weighted by atomic mass is 17.1. The predicted octanol–water partition coefficient (Wildman–Crippen LogP) is 2.22. The molecule has 0 aromatic heterocycles. The number of carbonyl (C=O) groups excluding carboxylic acids is 1. The highest BCUT2D eigenvalue weighted by Gasteiger charge is 3.08. The summed E-state index contributed by atoms with van der Waals surface area (Å²) in [6, 6.07) is 0. The number of aliphatic hydroxyl groups excluding tert-OH is 3. The summed E-state index contributed by atoms with van der Waals surface area (Å²) < 4.78 is 21.1. The number of ether oxygens (including phenoxy) is 4. The van der Waals surface area contributed by atoms with Gasteiger partial charge in [-0.05, 0) is 6.42 Å². The number of aliphatic hydroxyl groups is 3. The first kappa shape index (κ1) is 27.9. The lowest BCUT2D eigenvalue weighted by molar-refractivity contribution is -0.176. The van der Waals surface area contributed by atoms with E-state index >= 15 is 0 Å². The maximum Gasteiger partial charge on any atom is 0.383 e. The molecular formula is C23H40O10. The first-order valence-electron chi connectivity index (χ1n) is 12.2. The van der Waals surface area contributed by atoms with E-state index in [0.717, 1.165) is 26.2 Å². The van der Waals surface area contributed by atoms with Crippen LogP contribution in [0.5, 0.6) is 0 Å². The summed E-state index contributed by atoms with van der Waals surface area (Å²) in [6.45, 7) is 2.66. The number of rotatable bonds is 16. The van der Waals surface area contributed by atoms with Crippen LogP contribution >= 0.6 is 0 Å². The molecule has 3 aliphatic rings. The van der Waals surface area contributed by atoms with Gasteiger partial charge in [-0.25, -0.2) is 4.79 Å². The molecule has 33 heavy (non-hydrogen) atoms. The van der Waals surface area contributed by atoms with Gasteiger partial charge in [0.2, 0.25) is 0 Å². The number of hydrogen-bond acceptors (Lipinski definition) is 9. The quantitative estimate of drug-likeness (QED) is 0.148. The molecule has 10 nitrogen and oxygen atoms in total. The van der Waals surface area contributed by atoms with Crippen LogP contribution in [0.2, 0.25) is 0 Å². The number of carbonyl (C=O) groups is 2. The zero-order valence-corrected chi connectivity index (χ0v) is 19.8. The molecule has 3 rings (SSSR count). The molecule has 0 amide bonds. The number of aliphatic carboxylic acids is 1. The van der Waals surface area contributed by atoms with Gasteiger partial charge in [-0.15, -0.1) is 0 Å². The molecule has 4 unspecified atom stereocenters. The molecule has 0 aromatic carbocycles. The van der Waals surface area contributed by atoms with Crippen molar-refractivity contribution in [1.82, 2.24) is 0 Å². The van der Waals surface area contributed by atoms with Gasteiger partial charge in [-0.2, -0.15) is 0 Å². The SMILES string of the molecule is CCCCCCCCCCCCCC1OC12OC21OC1(OC(C)=O)C(=O)O.OCC(O)CO. The van der Waals surface area contributed by atoms with Crippen LogP contribution in [0.4, 0.5) is 0 Å². The molecule has 4 N–H and O–H groups in total. The van der Waals surface area contributed by atoms with Crippen molar-refractivity contribution in [2.24, 2.45) is 0 Å². The van der Waals surface area contributed by atoms with Gasteiger partial charge in [-0.3, -0.25) is 14.3 Å². The summed E-state index contributed by atoms with van der Waals surface area (Å²) in [7, 11) is 0. The molecule has 3 heterocycles. The Bertz CT molecular complexity index is 639. The molecule has 0 saturated carbocycles. The van der Waals surface area contributed by atoms with Crippen LogP contribution in [0, 0.1) is 0 Å². The minimum atomic E-state index is -2.04. The third-order valence-corrected chi connectivity index (χ3v) is 6.14. The highest BCUT2D eigenvalue weighted by molar-refractivity contribution is 5.85. The standard InChI is InChI=1S/C20H32O7.C3H8O3/c1-3-4-5-6-7-8-9-10-11-12-13-14-16-18(25-16)20(26-18)19(27-20,17(22)23)24-15(2)21;4-1-3(6)2-5/h16H,3-14H2,1-2H3,(H,22,23);3-6H,1-2H2. The molecule has 3 saturated heterocycles. The van der Waals surface area contributed by atoms with E-state index in [9.17, 15) is 14.7 Å². The second kappa shape index (κ2) is 12.4. The third-order valence-electron chi connectivity index (χ3n) is 6.14. The second-order valence-corrected chi connectivity index (χ2v) is 8.95. The van der Waals surface area contributed by atoms with E-state index in [0.29, 0.717) is 0 Å². The van der Waals surface area contributed by atoms with Crippen molar-refractivity contribution >= 4 is 11.9 Å². The van der Waals surface area contributed by atoms with E-state index in [1.807, 2.05) is 0 Å². The molecule has 10 heteroatoms. The van der Waals surface area contributed by atoms with Gasteiger partial charge in [0.15, 0.2) is 0 Å². The maximum atomic E-state index is 11.4. The Hall–Kier alpha value is -1.30. The molecule has 192 valence electrons. The Morgan fingerprint density at radius 2 is 1.42 bits per heavy atom. The fraction of sp³-hybridized carbons (Fsp3) is 0.913. The molecule has 0 aliphatic carbocycles. The minimum Gasteiger partial charge on any atom is -0.476 e. The number of carboxylic acids is 1. The van der Waals surface area contributed by atoms with Gasteiger partial charge in [0.05, 0.1) is 13.2 Å². The molecular weight excluding hydrogens is 436 g/mol. The number of epoxide rings is 3. The fourth-order valence-electron chi connectivity index (χ4n) is 4.13. The van der Waals surface area contributed by atoms with E-state index in [4.69, 9.17) is 34.3 Å². The van der Waals surface area contributed by atoms with E-state index in [2.05, 4.69) is 6.92 Å². The third kappa shape index (κ3) is 6.64. The fourth-order valence-corrected chi connectivity index (χ4v) is 4.13. The first-order chi connectivity index (χ1) is 15.7. The van der Waals surface area contributed by atoms with E-state index in [-0.39, 0.29) is 19.3 Å². The molecule has 2 spiro atoms. The Morgan fingerprint density at radius 1 is 0.909 bits per heavy atom. The van der Waals surface area contributed by atoms with E-state index in [1.54, 1.807) is 0 Å². The van der Waals surface area contributed by atoms with E-state index < -0.39 is 35.4 Å². The Morgan fingerprint density at radius 3 is 1.85 bits per heavy atom. The summed E-state index contributed by atoms with van der Waals surface area (Å²) in [5.41, 5.74) is 0. The number of hydrogen-bond donors (Lipinski definition) is 4. The van der Waals surface area contributed by atoms with Gasteiger partial charge in [0.25, 0.3) is 5.79 Å². The molecule has 4 atom stereocenters. The van der Waals surface area contributed by atoms with Crippen LogP contribution in [0.3, 0.4) is 0 Å². The Labute approximate surface area is 195 Å². The van der Waals surface area contributed by atoms with Crippen LogP contribution in [-0.4, -0.2) is 75.1 Å². The summed E-state index contributed by atoms with van der Waals surface area (Å²) in [5.74, 6) is -6.56. The lowest BCUT2D eigenvalue weighted by Gasteiger charge is -2.04. The number of unbranched alkanes of at least 4 members (excludes halogenated alkanes) is 10. The number of esters is 1. The number of fused-ring (bicyclic) bond motifs is 1. The van der Waals surface area contributed by atoms with Crippen molar-refractivity contribution < 1.29 is 49.0 Å². The van der Waals surface area contributed by atoms with Crippen molar-refractivity contribution in [3.8, 4) is 0 Å².